The van der Waals surface area contributed by atoms with Gasteiger partial charge in [-0.3, -0.25) is 9.10 Å². The number of methoxy groups -OCH3 is 1. The van der Waals surface area contributed by atoms with Gasteiger partial charge in [-0.15, -0.1) is 0 Å². The van der Waals surface area contributed by atoms with Gasteiger partial charge in [0, 0.05) is 38.9 Å². The first-order valence-corrected chi connectivity index (χ1v) is 15.8. The number of aryl methyl sites for hydroxylation is 1. The van der Waals surface area contributed by atoms with Crippen LogP contribution in [0.2, 0.25) is 0 Å². The number of hydrogen-bond donors (Lipinski definition) is 3. The zero-order valence-electron chi connectivity index (χ0n) is 25.7. The molecule has 0 bridgehead atoms. The summed E-state index contributed by atoms with van der Waals surface area (Å²) in [6.45, 7) is 2.17. The molecule has 0 radical (unpaired) electrons. The van der Waals surface area contributed by atoms with Crippen LogP contribution in [-0.2, 0) is 22.7 Å². The second-order valence-corrected chi connectivity index (χ2v) is 13.0. The van der Waals surface area contributed by atoms with Crippen LogP contribution in [0.5, 0.6) is 5.75 Å². The van der Waals surface area contributed by atoms with Gasteiger partial charge in [0.05, 0.1) is 36.3 Å². The van der Waals surface area contributed by atoms with Crippen molar-refractivity contribution < 1.29 is 39.9 Å². The van der Waals surface area contributed by atoms with Crippen LogP contribution < -0.4 is 25.0 Å². The van der Waals surface area contributed by atoms with Crippen LogP contribution in [0.3, 0.4) is 0 Å². The van der Waals surface area contributed by atoms with Crippen LogP contribution in [0, 0.1) is 12.7 Å². The first-order chi connectivity index (χ1) is 21.5. The maximum absolute atomic E-state index is 15.1. The van der Waals surface area contributed by atoms with Gasteiger partial charge in [-0.25, -0.2) is 22.2 Å². The molecular weight excluding hydrogens is 637 g/mol. The van der Waals surface area contributed by atoms with E-state index in [9.17, 15) is 30.8 Å². The molecule has 0 saturated carbocycles. The Morgan fingerprint density at radius 3 is 2.57 bits per heavy atom. The maximum atomic E-state index is 15.1. The van der Waals surface area contributed by atoms with Crippen molar-refractivity contribution in [2.75, 3.05) is 55.5 Å². The number of piperidine rings is 1. The Kier molecular flexibility index (Phi) is 10.3. The monoisotopic (exact) mass is 671 g/mol. The summed E-state index contributed by atoms with van der Waals surface area (Å²) in [7, 11) is 0.640. The van der Waals surface area contributed by atoms with Gasteiger partial charge in [-0.2, -0.15) is 18.2 Å². The molecule has 2 heterocycles. The number of aromatic nitrogens is 2. The van der Waals surface area contributed by atoms with E-state index in [1.807, 2.05) is 0 Å². The van der Waals surface area contributed by atoms with Crippen LogP contribution in [-0.4, -0.2) is 82.0 Å². The van der Waals surface area contributed by atoms with Gasteiger partial charge in [-0.05, 0) is 43.7 Å². The first kappa shape index (κ1) is 34.6. The SMILES string of the molecule is COc1cc(C(=O)N[C@@H]2CCN(C)C[C@H]2F)c(F)cc1Nc1ncc(C(F)(F)F)c(NCc2ccc(C)cc2N(C)S(C)(=O)=O)n1. The molecule has 0 unspecified atom stereocenters. The van der Waals surface area contributed by atoms with Crippen molar-refractivity contribution in [2.24, 2.45) is 0 Å². The molecule has 3 aromatic rings. The van der Waals surface area contributed by atoms with E-state index in [0.717, 1.165) is 28.3 Å². The molecule has 17 heteroatoms. The number of halogens is 5. The standard InChI is InChI=1S/C29H34F5N7O4S/c1-16-6-7-17(24(10-16)41(3)46(5,43)44)13-35-26-19(29(32,33)34)14-36-28(39-26)38-23-12-20(30)18(11-25(23)45-4)27(42)37-22-8-9-40(2)15-21(22)31/h6-7,10-12,14,21-22H,8-9,13,15H2,1-5H3,(H,37,42)(H2,35,36,38,39)/t21-,22-/m1/s1. The topological polar surface area (TPSA) is 129 Å². The number of carbonyl (C=O) groups is 1. The summed E-state index contributed by atoms with van der Waals surface area (Å²) in [6.07, 6.45) is -4.32. The number of ether oxygens (including phenoxy) is 1. The molecule has 0 spiro atoms. The molecule has 1 saturated heterocycles. The van der Waals surface area contributed by atoms with Crippen molar-refractivity contribution in [1.29, 1.82) is 0 Å². The maximum Gasteiger partial charge on any atom is 0.421 e. The lowest BCUT2D eigenvalue weighted by atomic mass is 10.0. The lowest BCUT2D eigenvalue weighted by molar-refractivity contribution is -0.137. The smallest absolute Gasteiger partial charge is 0.421 e. The molecule has 1 aliphatic rings. The van der Waals surface area contributed by atoms with Gasteiger partial charge in [-0.1, -0.05) is 12.1 Å². The first-order valence-electron chi connectivity index (χ1n) is 14.0. The fraction of sp³-hybridized carbons (Fsp3) is 0.414. The Morgan fingerprint density at radius 2 is 1.93 bits per heavy atom. The van der Waals surface area contributed by atoms with Gasteiger partial charge in [0.2, 0.25) is 16.0 Å². The van der Waals surface area contributed by atoms with Crippen molar-refractivity contribution in [3.05, 3.63) is 64.6 Å². The Labute approximate surface area is 263 Å². The number of nitrogens with one attached hydrogen (secondary N) is 3. The molecule has 2 atom stereocenters. The number of alkyl halides is 4. The Hall–Kier alpha value is -4.25. The van der Waals surface area contributed by atoms with Crippen molar-refractivity contribution in [2.45, 2.75) is 38.3 Å². The summed E-state index contributed by atoms with van der Waals surface area (Å²) < 4.78 is 102. The Morgan fingerprint density at radius 1 is 1.22 bits per heavy atom. The minimum Gasteiger partial charge on any atom is -0.495 e. The number of likely N-dealkylation sites (tertiary alicyclic amines) is 1. The largest absolute Gasteiger partial charge is 0.495 e. The highest BCUT2D eigenvalue weighted by Crippen LogP contribution is 2.36. The van der Waals surface area contributed by atoms with E-state index in [1.165, 1.54) is 14.2 Å². The van der Waals surface area contributed by atoms with Crippen LogP contribution >= 0.6 is 0 Å². The van der Waals surface area contributed by atoms with E-state index >= 15 is 4.39 Å². The van der Waals surface area contributed by atoms with E-state index in [-0.39, 0.29) is 36.2 Å². The third-order valence-corrected chi connectivity index (χ3v) is 8.65. The molecule has 3 N–H and O–H groups in total. The molecule has 4 rings (SSSR count). The highest BCUT2D eigenvalue weighted by atomic mass is 32.2. The Bertz CT molecular complexity index is 1710. The molecule has 46 heavy (non-hydrogen) atoms. The molecular formula is C29H34F5N7O4S. The Balaban J connectivity index is 1.60. The lowest BCUT2D eigenvalue weighted by Crippen LogP contribution is -2.51. The van der Waals surface area contributed by atoms with Crippen molar-refractivity contribution in [1.82, 2.24) is 20.2 Å². The summed E-state index contributed by atoms with van der Waals surface area (Å²) in [5.74, 6) is -2.91. The van der Waals surface area contributed by atoms with Crippen LogP contribution in [0.15, 0.2) is 36.5 Å². The molecule has 1 aromatic heterocycles. The van der Waals surface area contributed by atoms with Crippen molar-refractivity contribution in [3.8, 4) is 5.75 Å². The van der Waals surface area contributed by atoms with Crippen molar-refractivity contribution in [3.63, 3.8) is 0 Å². The average Bonchev–Trinajstić information content (AvgIpc) is 2.96. The third kappa shape index (κ3) is 8.12. The highest BCUT2D eigenvalue weighted by molar-refractivity contribution is 7.92. The average molecular weight is 672 g/mol. The van der Waals surface area contributed by atoms with Crippen LogP contribution in [0.1, 0.15) is 33.5 Å². The second-order valence-electron chi connectivity index (χ2n) is 11.0. The zero-order valence-corrected chi connectivity index (χ0v) is 26.5. The number of sulfonamides is 1. The third-order valence-electron chi connectivity index (χ3n) is 7.46. The summed E-state index contributed by atoms with van der Waals surface area (Å²) in [5, 5.41) is 7.74. The highest BCUT2D eigenvalue weighted by Gasteiger charge is 2.36. The van der Waals surface area contributed by atoms with E-state index in [1.54, 1.807) is 37.1 Å². The normalized spacial score (nSPS) is 17.3. The fourth-order valence-corrected chi connectivity index (χ4v) is 5.37. The minimum absolute atomic E-state index is 0.0576. The molecule has 250 valence electrons. The number of benzene rings is 2. The van der Waals surface area contributed by atoms with Gasteiger partial charge >= 0.3 is 6.18 Å². The summed E-state index contributed by atoms with van der Waals surface area (Å²) in [5.41, 5.74) is -0.349. The van der Waals surface area contributed by atoms with Gasteiger partial charge < -0.3 is 25.6 Å². The predicted molar refractivity (Wildman–Crippen MR) is 163 cm³/mol. The molecule has 11 nitrogen and oxygen atoms in total. The molecule has 1 fully saturated rings. The quantitative estimate of drug-likeness (QED) is 0.268. The minimum atomic E-state index is -4.86. The molecule has 1 amide bonds. The van der Waals surface area contributed by atoms with E-state index < -0.39 is 57.1 Å². The van der Waals surface area contributed by atoms with Gasteiger partial charge in [0.1, 0.15) is 29.1 Å². The summed E-state index contributed by atoms with van der Waals surface area (Å²) >= 11 is 0. The number of anilines is 4. The fourth-order valence-electron chi connectivity index (χ4n) is 4.84. The molecule has 1 aliphatic heterocycles. The molecule has 0 aliphatic carbocycles. The van der Waals surface area contributed by atoms with Crippen LogP contribution in [0.4, 0.5) is 45.1 Å². The predicted octanol–water partition coefficient (Wildman–Crippen LogP) is 4.48. The second kappa shape index (κ2) is 13.6. The number of carbonyl (C=O) groups excluding carboxylic acids is 1. The number of hydrogen-bond acceptors (Lipinski definition) is 9. The zero-order chi connectivity index (χ0) is 34.0. The van der Waals surface area contributed by atoms with E-state index in [0.29, 0.717) is 24.7 Å². The molecule has 2 aromatic carbocycles. The summed E-state index contributed by atoms with van der Waals surface area (Å²) in [6, 6.07) is 6.02. The number of rotatable bonds is 10. The lowest BCUT2D eigenvalue weighted by Gasteiger charge is -2.32. The van der Waals surface area contributed by atoms with Gasteiger partial charge in [0.15, 0.2) is 0 Å². The van der Waals surface area contributed by atoms with Gasteiger partial charge in [0.25, 0.3) is 5.91 Å². The van der Waals surface area contributed by atoms with E-state index in [4.69, 9.17) is 4.74 Å². The van der Waals surface area contributed by atoms with E-state index in [2.05, 4.69) is 25.9 Å². The summed E-state index contributed by atoms with van der Waals surface area (Å²) in [4.78, 5) is 22.3. The number of amides is 1. The number of nitrogens with zero attached hydrogens (tertiary/aromatic N) is 4. The van der Waals surface area contributed by atoms with Crippen LogP contribution in [0.25, 0.3) is 0 Å². The van der Waals surface area contributed by atoms with Crippen molar-refractivity contribution >= 4 is 39.1 Å².